The summed E-state index contributed by atoms with van der Waals surface area (Å²) in [5.41, 5.74) is 3.12. The van der Waals surface area contributed by atoms with Gasteiger partial charge in [-0.3, -0.25) is 14.8 Å². The molecule has 202 valence electrons. The summed E-state index contributed by atoms with van der Waals surface area (Å²) in [7, 11) is 4.20. The van der Waals surface area contributed by atoms with E-state index in [1.807, 2.05) is 26.1 Å². The number of fused-ring (bicyclic) bond motifs is 1. The summed E-state index contributed by atoms with van der Waals surface area (Å²) in [6, 6.07) is 7.33. The molecule has 0 atom stereocenters. The summed E-state index contributed by atoms with van der Waals surface area (Å²) in [5, 5.41) is 0. The number of nitrogens with zero attached hydrogens (tertiary/aromatic N) is 6. The first-order chi connectivity index (χ1) is 18.3. The highest BCUT2D eigenvalue weighted by molar-refractivity contribution is 5.72. The summed E-state index contributed by atoms with van der Waals surface area (Å²) < 4.78 is 35.4. The molecule has 0 amide bonds. The Morgan fingerprint density at radius 1 is 1.03 bits per heavy atom. The third-order valence-electron chi connectivity index (χ3n) is 7.33. The molecule has 1 fully saturated rings. The molecule has 0 radical (unpaired) electrons. The Morgan fingerprint density at radius 3 is 2.50 bits per heavy atom. The van der Waals surface area contributed by atoms with Crippen molar-refractivity contribution in [3.05, 3.63) is 65.4 Å². The molecule has 5 rings (SSSR count). The number of hydrogen-bond acceptors (Lipinski definition) is 7. The lowest BCUT2D eigenvalue weighted by atomic mass is 9.90. The second kappa shape index (κ2) is 11.3. The molecule has 2 aromatic heterocycles. The topological polar surface area (TPSA) is 57.6 Å². The van der Waals surface area contributed by atoms with Gasteiger partial charge in [-0.25, -0.2) is 18.7 Å². The number of hydrogen-bond donors (Lipinski definition) is 0. The van der Waals surface area contributed by atoms with E-state index < -0.39 is 11.6 Å². The van der Waals surface area contributed by atoms with Crippen molar-refractivity contribution in [3.8, 4) is 17.0 Å². The molecular weight excluding hydrogens is 486 g/mol. The number of pyridine rings is 1. The van der Waals surface area contributed by atoms with Crippen LogP contribution in [0.5, 0.6) is 5.75 Å². The largest absolute Gasteiger partial charge is 0.486 e. The number of rotatable bonds is 7. The molecule has 0 aliphatic carbocycles. The minimum Gasteiger partial charge on any atom is -0.486 e. The Hall–Kier alpha value is -3.17. The zero-order chi connectivity index (χ0) is 26.8. The third kappa shape index (κ3) is 5.78. The van der Waals surface area contributed by atoms with E-state index >= 15 is 0 Å². The van der Waals surface area contributed by atoms with Crippen molar-refractivity contribution in [1.82, 2.24) is 24.8 Å². The number of likely N-dealkylation sites (tertiary alicyclic amines) is 1. The molecule has 38 heavy (non-hydrogen) atoms. The minimum absolute atomic E-state index is 0.0760. The van der Waals surface area contributed by atoms with Gasteiger partial charge in [-0.2, -0.15) is 0 Å². The molecule has 2 aliphatic rings. The van der Waals surface area contributed by atoms with Gasteiger partial charge in [0, 0.05) is 23.5 Å². The van der Waals surface area contributed by atoms with Crippen LogP contribution in [0.15, 0.2) is 36.7 Å². The number of anilines is 1. The van der Waals surface area contributed by atoms with Gasteiger partial charge in [-0.15, -0.1) is 0 Å². The molecule has 0 saturated carbocycles. The molecular formula is C29H36F2N6O. The summed E-state index contributed by atoms with van der Waals surface area (Å²) in [6.45, 7) is 8.29. The van der Waals surface area contributed by atoms with Gasteiger partial charge in [0.1, 0.15) is 18.1 Å². The van der Waals surface area contributed by atoms with Crippen molar-refractivity contribution in [2.75, 3.05) is 51.9 Å². The van der Waals surface area contributed by atoms with Crippen molar-refractivity contribution in [3.63, 3.8) is 0 Å². The highest BCUT2D eigenvalue weighted by atomic mass is 19.1. The van der Waals surface area contributed by atoms with Gasteiger partial charge in [0.05, 0.1) is 31.5 Å². The first-order valence-corrected chi connectivity index (χ1v) is 13.3. The monoisotopic (exact) mass is 522 g/mol. The van der Waals surface area contributed by atoms with Gasteiger partial charge >= 0.3 is 0 Å². The van der Waals surface area contributed by atoms with Gasteiger partial charge in [0.15, 0.2) is 17.4 Å². The molecule has 3 aromatic rings. The molecule has 4 heterocycles. The van der Waals surface area contributed by atoms with E-state index in [0.717, 1.165) is 44.5 Å². The van der Waals surface area contributed by atoms with Gasteiger partial charge in [0.25, 0.3) is 0 Å². The Morgan fingerprint density at radius 2 is 1.82 bits per heavy atom. The molecule has 7 nitrogen and oxygen atoms in total. The zero-order valence-corrected chi connectivity index (χ0v) is 22.6. The molecule has 0 N–H and O–H groups in total. The fraction of sp³-hybridized carbons (Fsp3) is 0.483. The van der Waals surface area contributed by atoms with Gasteiger partial charge in [-0.05, 0) is 83.6 Å². The lowest BCUT2D eigenvalue weighted by molar-refractivity contribution is 0.141. The molecule has 0 spiro atoms. The maximum atomic E-state index is 15.0. The normalized spacial score (nSPS) is 16.7. The second-order valence-corrected chi connectivity index (χ2v) is 10.8. The molecule has 9 heteroatoms. The molecule has 1 saturated heterocycles. The fourth-order valence-electron chi connectivity index (χ4n) is 5.42. The predicted molar refractivity (Wildman–Crippen MR) is 145 cm³/mol. The smallest absolute Gasteiger partial charge is 0.178 e. The van der Waals surface area contributed by atoms with E-state index in [1.165, 1.54) is 11.6 Å². The zero-order valence-electron chi connectivity index (χ0n) is 22.6. The van der Waals surface area contributed by atoms with Crippen LogP contribution in [0.1, 0.15) is 49.7 Å². The third-order valence-corrected chi connectivity index (χ3v) is 7.33. The van der Waals surface area contributed by atoms with Crippen molar-refractivity contribution in [2.24, 2.45) is 0 Å². The number of benzene rings is 1. The van der Waals surface area contributed by atoms with Gasteiger partial charge < -0.3 is 9.64 Å². The van der Waals surface area contributed by atoms with Crippen LogP contribution >= 0.6 is 0 Å². The van der Waals surface area contributed by atoms with Crippen LogP contribution in [-0.4, -0.2) is 77.8 Å². The summed E-state index contributed by atoms with van der Waals surface area (Å²) >= 11 is 0. The lowest BCUT2D eigenvalue weighted by Gasteiger charge is -2.34. The number of halogens is 2. The van der Waals surface area contributed by atoms with Crippen LogP contribution in [0.2, 0.25) is 0 Å². The summed E-state index contributed by atoms with van der Waals surface area (Å²) in [4.78, 5) is 20.1. The molecule has 2 aliphatic heterocycles. The standard InChI is InChI=1S/C29H36F2N6O/c1-19(2)37-11-12-38-29-24(30)13-22(14-26(29)37)28-25(31)17-33-27(34-28)15-23-6-5-21(16-32-23)20-7-9-36(10-8-20)18-35(3)4/h5-6,13-14,16-17,19-20H,7-12,15,18H2,1-4H3. The van der Waals surface area contributed by atoms with E-state index in [-0.39, 0.29) is 17.5 Å². The maximum Gasteiger partial charge on any atom is 0.178 e. The van der Waals surface area contributed by atoms with E-state index in [4.69, 9.17) is 4.74 Å². The van der Waals surface area contributed by atoms with E-state index in [2.05, 4.69) is 49.8 Å². The van der Waals surface area contributed by atoms with Crippen LogP contribution < -0.4 is 9.64 Å². The summed E-state index contributed by atoms with van der Waals surface area (Å²) in [5.74, 6) is 0.0405. The number of piperidine rings is 1. The van der Waals surface area contributed by atoms with Crippen molar-refractivity contribution in [1.29, 1.82) is 0 Å². The van der Waals surface area contributed by atoms with Crippen LogP contribution in [0, 0.1) is 11.6 Å². The lowest BCUT2D eigenvalue weighted by Crippen LogP contribution is -2.39. The maximum absolute atomic E-state index is 15.0. The van der Waals surface area contributed by atoms with Crippen molar-refractivity contribution < 1.29 is 13.5 Å². The van der Waals surface area contributed by atoms with E-state index in [9.17, 15) is 8.78 Å². The Kier molecular flexibility index (Phi) is 7.85. The SMILES string of the molecule is CC(C)N1CCOc2c(F)cc(-c3nc(Cc4ccc(C5CCN(CN(C)C)CC5)cn4)ncc3F)cc21. The van der Waals surface area contributed by atoms with Crippen molar-refractivity contribution in [2.45, 2.75) is 45.1 Å². The van der Waals surface area contributed by atoms with Crippen LogP contribution in [0.25, 0.3) is 11.3 Å². The van der Waals surface area contributed by atoms with Gasteiger partial charge in [-0.1, -0.05) is 6.07 Å². The highest BCUT2D eigenvalue weighted by Crippen LogP contribution is 2.39. The second-order valence-electron chi connectivity index (χ2n) is 10.8. The van der Waals surface area contributed by atoms with Gasteiger partial charge in [0.2, 0.25) is 0 Å². The quantitative estimate of drug-likeness (QED) is 0.445. The van der Waals surface area contributed by atoms with Crippen LogP contribution in [0.3, 0.4) is 0 Å². The molecule has 0 unspecified atom stereocenters. The average molecular weight is 523 g/mol. The number of ether oxygens (including phenoxy) is 1. The first-order valence-electron chi connectivity index (χ1n) is 13.3. The first kappa shape index (κ1) is 26.4. The Labute approximate surface area is 223 Å². The minimum atomic E-state index is -0.593. The molecule has 1 aromatic carbocycles. The van der Waals surface area contributed by atoms with E-state index in [1.54, 1.807) is 6.07 Å². The molecule has 0 bridgehead atoms. The summed E-state index contributed by atoms with van der Waals surface area (Å²) in [6.07, 6.45) is 5.71. The highest BCUT2D eigenvalue weighted by Gasteiger charge is 2.26. The number of aromatic nitrogens is 3. The Bertz CT molecular complexity index is 1260. The predicted octanol–water partition coefficient (Wildman–Crippen LogP) is 4.71. The van der Waals surface area contributed by atoms with Crippen molar-refractivity contribution >= 4 is 5.69 Å². The van der Waals surface area contributed by atoms with E-state index in [0.29, 0.717) is 42.6 Å². The van der Waals surface area contributed by atoms with Crippen LogP contribution in [-0.2, 0) is 6.42 Å². The average Bonchev–Trinajstić information content (AvgIpc) is 2.90. The Balaban J connectivity index is 1.32. The van der Waals surface area contributed by atoms with Crippen LogP contribution in [0.4, 0.5) is 14.5 Å². The fourth-order valence-corrected chi connectivity index (χ4v) is 5.42.